The van der Waals surface area contributed by atoms with E-state index in [4.69, 9.17) is 4.74 Å². The molecule has 1 fully saturated rings. The number of methoxy groups -OCH3 is 1. The van der Waals surface area contributed by atoms with Gasteiger partial charge in [-0.1, -0.05) is 31.2 Å². The van der Waals surface area contributed by atoms with Crippen molar-refractivity contribution in [2.75, 3.05) is 20.2 Å². The van der Waals surface area contributed by atoms with Gasteiger partial charge < -0.3 is 10.1 Å². The van der Waals surface area contributed by atoms with E-state index in [9.17, 15) is 13.2 Å². The van der Waals surface area contributed by atoms with Crippen molar-refractivity contribution in [1.82, 2.24) is 9.62 Å². The van der Waals surface area contributed by atoms with Gasteiger partial charge in [-0.25, -0.2) is 8.42 Å². The Bertz CT molecular complexity index is 932. The van der Waals surface area contributed by atoms with E-state index in [0.717, 1.165) is 12.0 Å². The molecule has 7 heteroatoms. The largest absolute Gasteiger partial charge is 0.497 e. The fourth-order valence-corrected chi connectivity index (χ4v) is 5.11. The molecule has 0 atom stereocenters. The third kappa shape index (κ3) is 5.61. The summed E-state index contributed by atoms with van der Waals surface area (Å²) in [5.74, 6) is 0.641. The molecule has 2 aromatic rings. The molecule has 0 radical (unpaired) electrons. The van der Waals surface area contributed by atoms with E-state index in [1.54, 1.807) is 31.4 Å². The van der Waals surface area contributed by atoms with Crippen LogP contribution in [0.5, 0.6) is 5.75 Å². The Morgan fingerprint density at radius 1 is 1.03 bits per heavy atom. The number of amides is 1. The first-order valence-corrected chi connectivity index (χ1v) is 11.9. The molecule has 0 unspecified atom stereocenters. The van der Waals surface area contributed by atoms with E-state index in [1.165, 1.54) is 9.87 Å². The maximum Gasteiger partial charge on any atom is 0.243 e. The zero-order chi connectivity index (χ0) is 21.6. The zero-order valence-electron chi connectivity index (χ0n) is 17.6. The minimum atomic E-state index is -3.53. The minimum absolute atomic E-state index is 0.0160. The summed E-state index contributed by atoms with van der Waals surface area (Å²) in [4.78, 5) is 12.6. The second-order valence-corrected chi connectivity index (χ2v) is 9.53. The lowest BCUT2D eigenvalue weighted by Crippen LogP contribution is -2.46. The predicted molar refractivity (Wildman–Crippen MR) is 117 cm³/mol. The van der Waals surface area contributed by atoms with Crippen molar-refractivity contribution >= 4 is 15.9 Å². The van der Waals surface area contributed by atoms with Crippen LogP contribution in [0.4, 0.5) is 0 Å². The van der Waals surface area contributed by atoms with Crippen molar-refractivity contribution in [2.45, 2.75) is 50.0 Å². The molecule has 0 bridgehead atoms. The van der Waals surface area contributed by atoms with Crippen molar-refractivity contribution in [2.24, 2.45) is 0 Å². The molecule has 3 rings (SSSR count). The molecule has 162 valence electrons. The predicted octanol–water partition coefficient (Wildman–Crippen LogP) is 3.16. The molecule has 2 aromatic carbocycles. The van der Waals surface area contributed by atoms with Gasteiger partial charge in [-0.2, -0.15) is 4.31 Å². The standard InChI is InChI=1S/C23H30N2O4S/c1-3-18-4-6-19(7-5-18)8-13-23(26)24-20-14-16-25(17-15-20)30(27,28)22-11-9-21(29-2)10-12-22/h4-7,9-12,20H,3,8,13-17H2,1-2H3,(H,24,26). The van der Waals surface area contributed by atoms with Crippen LogP contribution in [0.25, 0.3) is 0 Å². The van der Waals surface area contributed by atoms with Gasteiger partial charge in [-0.15, -0.1) is 0 Å². The molecule has 6 nitrogen and oxygen atoms in total. The molecule has 1 N–H and O–H groups in total. The molecule has 1 aliphatic rings. The second-order valence-electron chi connectivity index (χ2n) is 7.59. The Hall–Kier alpha value is -2.38. The van der Waals surface area contributed by atoms with Crippen LogP contribution in [-0.4, -0.2) is 44.9 Å². The number of sulfonamides is 1. The van der Waals surface area contributed by atoms with E-state index in [-0.39, 0.29) is 16.8 Å². The van der Waals surface area contributed by atoms with Crippen LogP contribution >= 0.6 is 0 Å². The van der Waals surface area contributed by atoms with E-state index in [1.807, 2.05) is 0 Å². The topological polar surface area (TPSA) is 75.7 Å². The van der Waals surface area contributed by atoms with Crippen molar-refractivity contribution in [3.8, 4) is 5.75 Å². The molecular weight excluding hydrogens is 400 g/mol. The monoisotopic (exact) mass is 430 g/mol. The summed E-state index contributed by atoms with van der Waals surface area (Å²) in [6.07, 6.45) is 3.39. The lowest BCUT2D eigenvalue weighted by atomic mass is 10.0. The fourth-order valence-electron chi connectivity index (χ4n) is 3.64. The first-order chi connectivity index (χ1) is 14.4. The van der Waals surface area contributed by atoms with Crippen molar-refractivity contribution in [1.29, 1.82) is 0 Å². The molecule has 0 spiro atoms. The maximum absolute atomic E-state index is 12.8. The number of rotatable bonds is 8. The molecule has 1 amide bonds. The number of carbonyl (C=O) groups is 1. The summed E-state index contributed by atoms with van der Waals surface area (Å²) < 4.78 is 32.2. The van der Waals surface area contributed by atoms with Crippen LogP contribution in [0, 0.1) is 0 Å². The Morgan fingerprint density at radius 3 is 2.20 bits per heavy atom. The lowest BCUT2D eigenvalue weighted by molar-refractivity contribution is -0.122. The molecule has 30 heavy (non-hydrogen) atoms. The van der Waals surface area contributed by atoms with Crippen LogP contribution in [0.3, 0.4) is 0 Å². The summed E-state index contributed by atoms with van der Waals surface area (Å²) in [7, 11) is -1.98. The Morgan fingerprint density at radius 2 is 1.63 bits per heavy atom. The first kappa shape index (κ1) is 22.3. The highest BCUT2D eigenvalue weighted by molar-refractivity contribution is 7.89. The number of hydrogen-bond donors (Lipinski definition) is 1. The highest BCUT2D eigenvalue weighted by Gasteiger charge is 2.29. The Balaban J connectivity index is 1.46. The molecule has 1 heterocycles. The summed E-state index contributed by atoms with van der Waals surface area (Å²) in [6.45, 7) is 2.92. The summed E-state index contributed by atoms with van der Waals surface area (Å²) in [6, 6.07) is 14.8. The van der Waals surface area contributed by atoms with E-state index >= 15 is 0 Å². The number of piperidine rings is 1. The van der Waals surface area contributed by atoms with Crippen LogP contribution in [-0.2, 0) is 27.7 Å². The number of aryl methyl sites for hydroxylation is 2. The van der Waals surface area contributed by atoms with Gasteiger partial charge in [0.2, 0.25) is 15.9 Å². The maximum atomic E-state index is 12.8. The molecule has 1 saturated heterocycles. The smallest absolute Gasteiger partial charge is 0.243 e. The van der Waals surface area contributed by atoms with Crippen molar-refractivity contribution in [3.63, 3.8) is 0 Å². The van der Waals surface area contributed by atoms with Gasteiger partial charge in [-0.3, -0.25) is 4.79 Å². The lowest BCUT2D eigenvalue weighted by Gasteiger charge is -2.31. The SMILES string of the molecule is CCc1ccc(CCC(=O)NC2CCN(S(=O)(=O)c3ccc(OC)cc3)CC2)cc1. The highest BCUT2D eigenvalue weighted by atomic mass is 32.2. The van der Waals surface area contributed by atoms with Crippen molar-refractivity contribution < 1.29 is 17.9 Å². The number of carbonyl (C=O) groups excluding carboxylic acids is 1. The highest BCUT2D eigenvalue weighted by Crippen LogP contribution is 2.23. The molecule has 0 aliphatic carbocycles. The van der Waals surface area contributed by atoms with Gasteiger partial charge in [0.25, 0.3) is 0 Å². The number of benzene rings is 2. The van der Waals surface area contributed by atoms with Gasteiger partial charge in [0.1, 0.15) is 5.75 Å². The first-order valence-electron chi connectivity index (χ1n) is 10.4. The van der Waals surface area contributed by atoms with Gasteiger partial charge >= 0.3 is 0 Å². The number of hydrogen-bond acceptors (Lipinski definition) is 4. The van der Waals surface area contributed by atoms with Gasteiger partial charge in [0, 0.05) is 25.6 Å². The van der Waals surface area contributed by atoms with Crippen molar-refractivity contribution in [3.05, 3.63) is 59.7 Å². The average Bonchev–Trinajstić information content (AvgIpc) is 2.78. The fraction of sp³-hybridized carbons (Fsp3) is 0.435. The third-order valence-corrected chi connectivity index (χ3v) is 7.50. The molecule has 1 aliphatic heterocycles. The second kappa shape index (κ2) is 10.1. The summed E-state index contributed by atoms with van der Waals surface area (Å²) in [5, 5.41) is 3.06. The molecular formula is C23H30N2O4S. The third-order valence-electron chi connectivity index (χ3n) is 5.59. The van der Waals surface area contributed by atoms with E-state index in [2.05, 4.69) is 36.5 Å². The normalized spacial score (nSPS) is 15.7. The van der Waals surface area contributed by atoms with E-state index in [0.29, 0.717) is 44.5 Å². The van der Waals surface area contributed by atoms with Crippen LogP contribution < -0.4 is 10.1 Å². The van der Waals surface area contributed by atoms with Gasteiger partial charge in [-0.05, 0) is 61.1 Å². The number of ether oxygens (including phenoxy) is 1. The average molecular weight is 431 g/mol. The molecule has 0 saturated carbocycles. The number of nitrogens with zero attached hydrogens (tertiary/aromatic N) is 1. The Labute approximate surface area is 179 Å². The summed E-state index contributed by atoms with van der Waals surface area (Å²) in [5.41, 5.74) is 2.45. The van der Waals surface area contributed by atoms with Gasteiger partial charge in [0.15, 0.2) is 0 Å². The minimum Gasteiger partial charge on any atom is -0.497 e. The zero-order valence-corrected chi connectivity index (χ0v) is 18.5. The van der Waals surface area contributed by atoms with Gasteiger partial charge in [0.05, 0.1) is 12.0 Å². The Kier molecular flexibility index (Phi) is 7.50. The molecule has 0 aromatic heterocycles. The number of nitrogens with one attached hydrogen (secondary N) is 1. The summed E-state index contributed by atoms with van der Waals surface area (Å²) >= 11 is 0. The quantitative estimate of drug-likeness (QED) is 0.698. The van der Waals surface area contributed by atoms with E-state index < -0.39 is 10.0 Å². The van der Waals surface area contributed by atoms with Crippen LogP contribution in [0.1, 0.15) is 37.3 Å². The van der Waals surface area contributed by atoms with Crippen LogP contribution in [0.15, 0.2) is 53.4 Å². The van der Waals surface area contributed by atoms with Crippen LogP contribution in [0.2, 0.25) is 0 Å².